The molecule has 1 fully saturated rings. The van der Waals surface area contributed by atoms with Gasteiger partial charge in [-0.1, -0.05) is 31.9 Å². The van der Waals surface area contributed by atoms with E-state index >= 15 is 0 Å². The average Bonchev–Trinajstić information content (AvgIpc) is 2.80. The summed E-state index contributed by atoms with van der Waals surface area (Å²) < 4.78 is 0. The molecule has 2 rings (SSSR count). The van der Waals surface area contributed by atoms with E-state index in [-0.39, 0.29) is 0 Å². The maximum absolute atomic E-state index is 3.54. The molecule has 1 N–H and O–H groups in total. The minimum absolute atomic E-state index is 0.913. The van der Waals surface area contributed by atoms with Crippen LogP contribution in [0.2, 0.25) is 0 Å². The first kappa shape index (κ1) is 10.5. The van der Waals surface area contributed by atoms with Gasteiger partial charge in [0.1, 0.15) is 0 Å². The quantitative estimate of drug-likeness (QED) is 0.783. The summed E-state index contributed by atoms with van der Waals surface area (Å²) in [4.78, 5) is 0. The van der Waals surface area contributed by atoms with E-state index < -0.39 is 0 Å². The summed E-state index contributed by atoms with van der Waals surface area (Å²) in [6.45, 7) is 3.35. The SMILES string of the molecule is CCc1ccc(NCC2CCCC2)cc1. The highest BCUT2D eigenvalue weighted by molar-refractivity contribution is 5.44. The van der Waals surface area contributed by atoms with Crippen LogP contribution in [-0.2, 0) is 6.42 Å². The largest absolute Gasteiger partial charge is 0.385 e. The lowest BCUT2D eigenvalue weighted by Gasteiger charge is -2.11. The molecule has 0 aliphatic heterocycles. The molecule has 0 amide bonds. The van der Waals surface area contributed by atoms with Gasteiger partial charge in [-0.2, -0.15) is 0 Å². The van der Waals surface area contributed by atoms with Crippen LogP contribution in [0.5, 0.6) is 0 Å². The normalized spacial score (nSPS) is 16.9. The molecule has 1 saturated carbocycles. The summed E-state index contributed by atoms with van der Waals surface area (Å²) in [5.41, 5.74) is 2.69. The van der Waals surface area contributed by atoms with Crippen molar-refractivity contribution >= 4 is 5.69 Å². The summed E-state index contributed by atoms with van der Waals surface area (Å²) in [6, 6.07) is 8.84. The average molecular weight is 203 g/mol. The molecule has 0 saturated heterocycles. The Kier molecular flexibility index (Phi) is 3.65. The number of aryl methyl sites for hydroxylation is 1. The molecule has 0 unspecified atom stereocenters. The third kappa shape index (κ3) is 2.98. The molecule has 1 heteroatoms. The van der Waals surface area contributed by atoms with Crippen LogP contribution in [0, 0.1) is 5.92 Å². The van der Waals surface area contributed by atoms with Gasteiger partial charge in [0.25, 0.3) is 0 Å². The zero-order chi connectivity index (χ0) is 10.5. The maximum Gasteiger partial charge on any atom is 0.0340 e. The van der Waals surface area contributed by atoms with Crippen LogP contribution < -0.4 is 5.32 Å². The van der Waals surface area contributed by atoms with Crippen LogP contribution >= 0.6 is 0 Å². The van der Waals surface area contributed by atoms with Crippen molar-refractivity contribution in [2.75, 3.05) is 11.9 Å². The molecule has 0 atom stereocenters. The van der Waals surface area contributed by atoms with Crippen molar-refractivity contribution in [1.29, 1.82) is 0 Å². The molecule has 15 heavy (non-hydrogen) atoms. The highest BCUT2D eigenvalue weighted by Crippen LogP contribution is 2.24. The van der Waals surface area contributed by atoms with Gasteiger partial charge in [-0.05, 0) is 42.9 Å². The van der Waals surface area contributed by atoms with Crippen molar-refractivity contribution in [3.63, 3.8) is 0 Å². The first-order valence-electron chi connectivity index (χ1n) is 6.21. The molecule has 1 aromatic rings. The van der Waals surface area contributed by atoms with E-state index in [4.69, 9.17) is 0 Å². The van der Waals surface area contributed by atoms with Crippen LogP contribution in [0.3, 0.4) is 0 Å². The lowest BCUT2D eigenvalue weighted by Crippen LogP contribution is -2.10. The zero-order valence-corrected chi connectivity index (χ0v) is 9.63. The minimum atomic E-state index is 0.913. The van der Waals surface area contributed by atoms with Gasteiger partial charge in [-0.3, -0.25) is 0 Å². The molecule has 82 valence electrons. The third-order valence-corrected chi connectivity index (χ3v) is 3.43. The number of hydrogen-bond acceptors (Lipinski definition) is 1. The number of hydrogen-bond donors (Lipinski definition) is 1. The fourth-order valence-corrected chi connectivity index (χ4v) is 2.33. The molecular weight excluding hydrogens is 182 g/mol. The van der Waals surface area contributed by atoms with Gasteiger partial charge >= 0.3 is 0 Å². The van der Waals surface area contributed by atoms with Gasteiger partial charge in [-0.25, -0.2) is 0 Å². The number of nitrogens with one attached hydrogen (secondary N) is 1. The Balaban J connectivity index is 1.82. The second-order valence-corrected chi connectivity index (χ2v) is 4.58. The predicted octanol–water partition coefficient (Wildman–Crippen LogP) is 3.85. The van der Waals surface area contributed by atoms with Crippen molar-refractivity contribution in [2.24, 2.45) is 5.92 Å². The Morgan fingerprint density at radius 1 is 1.13 bits per heavy atom. The van der Waals surface area contributed by atoms with E-state index in [2.05, 4.69) is 36.5 Å². The molecule has 1 nitrogen and oxygen atoms in total. The molecule has 0 heterocycles. The van der Waals surface area contributed by atoms with Crippen LogP contribution in [-0.4, -0.2) is 6.54 Å². The Hall–Kier alpha value is -0.980. The van der Waals surface area contributed by atoms with E-state index in [0.717, 1.165) is 18.9 Å². The second-order valence-electron chi connectivity index (χ2n) is 4.58. The van der Waals surface area contributed by atoms with Gasteiger partial charge in [0, 0.05) is 12.2 Å². The van der Waals surface area contributed by atoms with Crippen LogP contribution in [0.15, 0.2) is 24.3 Å². The highest BCUT2D eigenvalue weighted by atomic mass is 14.9. The van der Waals surface area contributed by atoms with Gasteiger partial charge in [-0.15, -0.1) is 0 Å². The molecule has 1 aromatic carbocycles. The standard InChI is InChI=1S/C14H21N/c1-2-12-7-9-14(10-8-12)15-11-13-5-3-4-6-13/h7-10,13,15H,2-6,11H2,1H3. The Morgan fingerprint density at radius 3 is 2.40 bits per heavy atom. The first-order chi connectivity index (χ1) is 7.38. The molecule has 0 radical (unpaired) electrons. The summed E-state index contributed by atoms with van der Waals surface area (Å²) in [5, 5.41) is 3.54. The third-order valence-electron chi connectivity index (χ3n) is 3.43. The Morgan fingerprint density at radius 2 is 1.80 bits per heavy atom. The Bertz CT molecular complexity index is 283. The summed E-state index contributed by atoms with van der Waals surface area (Å²) in [6.07, 6.45) is 6.82. The topological polar surface area (TPSA) is 12.0 Å². The molecule has 0 bridgehead atoms. The number of anilines is 1. The van der Waals surface area contributed by atoms with Gasteiger partial charge < -0.3 is 5.32 Å². The fraction of sp³-hybridized carbons (Fsp3) is 0.571. The number of rotatable bonds is 4. The first-order valence-corrected chi connectivity index (χ1v) is 6.21. The van der Waals surface area contributed by atoms with Crippen LogP contribution in [0.25, 0.3) is 0 Å². The lowest BCUT2D eigenvalue weighted by molar-refractivity contribution is 0.580. The lowest BCUT2D eigenvalue weighted by atomic mass is 10.1. The maximum atomic E-state index is 3.54. The highest BCUT2D eigenvalue weighted by Gasteiger charge is 2.13. The smallest absolute Gasteiger partial charge is 0.0340 e. The van der Waals surface area contributed by atoms with Crippen molar-refractivity contribution in [3.05, 3.63) is 29.8 Å². The van der Waals surface area contributed by atoms with Gasteiger partial charge in [0.05, 0.1) is 0 Å². The zero-order valence-electron chi connectivity index (χ0n) is 9.63. The van der Waals surface area contributed by atoms with Crippen LogP contribution in [0.1, 0.15) is 38.2 Å². The monoisotopic (exact) mass is 203 g/mol. The van der Waals surface area contributed by atoms with E-state index in [0.29, 0.717) is 0 Å². The minimum Gasteiger partial charge on any atom is -0.385 e. The fourth-order valence-electron chi connectivity index (χ4n) is 2.33. The molecule has 0 aromatic heterocycles. The Labute approximate surface area is 92.9 Å². The number of benzene rings is 1. The van der Waals surface area contributed by atoms with E-state index in [9.17, 15) is 0 Å². The molecule has 0 spiro atoms. The molecule has 1 aliphatic rings. The molecule has 1 aliphatic carbocycles. The summed E-state index contributed by atoms with van der Waals surface area (Å²) in [5.74, 6) is 0.913. The van der Waals surface area contributed by atoms with Crippen molar-refractivity contribution in [1.82, 2.24) is 0 Å². The predicted molar refractivity (Wildman–Crippen MR) is 66.3 cm³/mol. The van der Waals surface area contributed by atoms with E-state index in [1.165, 1.54) is 36.9 Å². The molecular formula is C14H21N. The summed E-state index contributed by atoms with van der Waals surface area (Å²) in [7, 11) is 0. The van der Waals surface area contributed by atoms with Crippen LogP contribution in [0.4, 0.5) is 5.69 Å². The van der Waals surface area contributed by atoms with Crippen molar-refractivity contribution in [3.8, 4) is 0 Å². The van der Waals surface area contributed by atoms with E-state index in [1.54, 1.807) is 0 Å². The van der Waals surface area contributed by atoms with Gasteiger partial charge in [0.2, 0.25) is 0 Å². The second kappa shape index (κ2) is 5.20. The summed E-state index contributed by atoms with van der Waals surface area (Å²) >= 11 is 0. The van der Waals surface area contributed by atoms with E-state index in [1.807, 2.05) is 0 Å². The van der Waals surface area contributed by atoms with Gasteiger partial charge in [0.15, 0.2) is 0 Å². The van der Waals surface area contributed by atoms with Crippen molar-refractivity contribution < 1.29 is 0 Å². The van der Waals surface area contributed by atoms with Crippen molar-refractivity contribution in [2.45, 2.75) is 39.0 Å².